The molecule has 0 aliphatic rings. The third-order valence-electron chi connectivity index (χ3n) is 5.57. The van der Waals surface area contributed by atoms with Crippen LogP contribution in [-0.2, 0) is 23.8 Å². The zero-order chi connectivity index (χ0) is 25.7. The number of nitrogens with zero attached hydrogens (tertiary/aromatic N) is 2. The van der Waals surface area contributed by atoms with Gasteiger partial charge in [0.25, 0.3) is 0 Å². The molecular weight excluding hydrogens is 473 g/mol. The van der Waals surface area contributed by atoms with Crippen LogP contribution in [0.3, 0.4) is 0 Å². The maximum atomic E-state index is 12.6. The number of rotatable bonds is 9. The highest BCUT2D eigenvalue weighted by Gasteiger charge is 2.32. The average Bonchev–Trinajstić information content (AvgIpc) is 2.87. The Morgan fingerprint density at radius 1 is 0.861 bits per heavy atom. The van der Waals surface area contributed by atoms with Crippen LogP contribution in [0.25, 0.3) is 10.9 Å². The number of hydrogen-bond donors (Lipinski definition) is 0. The molecule has 0 radical (unpaired) electrons. The molecule has 0 saturated heterocycles. The van der Waals surface area contributed by atoms with Gasteiger partial charge in [0.15, 0.2) is 11.5 Å². The number of carbonyl (C=O) groups excluding carboxylic acids is 1. The maximum Gasteiger partial charge on any atom is 0.433 e. The first kappa shape index (κ1) is 25.0. The molecule has 0 saturated carbocycles. The van der Waals surface area contributed by atoms with Crippen molar-refractivity contribution in [3.05, 3.63) is 83.8 Å². The van der Waals surface area contributed by atoms with E-state index in [0.29, 0.717) is 40.5 Å². The van der Waals surface area contributed by atoms with Crippen molar-refractivity contribution in [1.82, 2.24) is 9.97 Å². The molecule has 0 N–H and O–H groups in total. The summed E-state index contributed by atoms with van der Waals surface area (Å²) >= 11 is 0. The van der Waals surface area contributed by atoms with E-state index in [9.17, 15) is 18.0 Å². The molecular formula is C27H23F3N2O4. The van der Waals surface area contributed by atoms with E-state index in [1.807, 2.05) is 0 Å². The van der Waals surface area contributed by atoms with Gasteiger partial charge < -0.3 is 14.2 Å². The molecule has 2 heterocycles. The summed E-state index contributed by atoms with van der Waals surface area (Å²) in [6.45, 7) is 0. The minimum atomic E-state index is -4.48. The fraction of sp³-hybridized carbons (Fsp3) is 0.222. The molecule has 36 heavy (non-hydrogen) atoms. The number of alkyl halides is 3. The highest BCUT2D eigenvalue weighted by Crippen LogP contribution is 2.37. The van der Waals surface area contributed by atoms with Crippen LogP contribution in [0.2, 0.25) is 0 Å². The number of halogens is 3. The number of ketones is 1. The third kappa shape index (κ3) is 5.91. The monoisotopic (exact) mass is 496 g/mol. The number of Topliss-reactive ketones (excluding diaryl/α,β-unsaturated/α-hetero) is 1. The number of hydrogen-bond acceptors (Lipinski definition) is 6. The number of methoxy groups -OCH3 is 2. The summed E-state index contributed by atoms with van der Waals surface area (Å²) in [5, 5.41) is 0.757. The van der Waals surface area contributed by atoms with E-state index in [0.717, 1.165) is 23.2 Å². The number of fused-ring (bicyclic) bond motifs is 1. The van der Waals surface area contributed by atoms with Crippen LogP contribution < -0.4 is 14.2 Å². The summed E-state index contributed by atoms with van der Waals surface area (Å²) in [5.41, 5.74) is 1.14. The molecule has 0 aliphatic heterocycles. The van der Waals surface area contributed by atoms with E-state index in [1.165, 1.54) is 6.07 Å². The quantitative estimate of drug-likeness (QED) is 0.275. The van der Waals surface area contributed by atoms with Gasteiger partial charge in [-0.25, -0.2) is 0 Å². The molecule has 0 amide bonds. The number of aromatic nitrogens is 2. The Hall–Kier alpha value is -4.14. The van der Waals surface area contributed by atoms with Gasteiger partial charge in [-0.05, 0) is 47.9 Å². The van der Waals surface area contributed by atoms with Gasteiger partial charge in [0.1, 0.15) is 23.0 Å². The first-order valence-electron chi connectivity index (χ1n) is 11.1. The summed E-state index contributed by atoms with van der Waals surface area (Å²) in [6, 6.07) is 14.8. The van der Waals surface area contributed by atoms with Crippen LogP contribution in [0.15, 0.2) is 67.0 Å². The van der Waals surface area contributed by atoms with Crippen LogP contribution in [-0.4, -0.2) is 30.0 Å². The van der Waals surface area contributed by atoms with Crippen molar-refractivity contribution in [1.29, 1.82) is 0 Å². The first-order valence-corrected chi connectivity index (χ1v) is 11.1. The van der Waals surface area contributed by atoms with Crippen LogP contribution >= 0.6 is 0 Å². The lowest BCUT2D eigenvalue weighted by Crippen LogP contribution is -2.08. The van der Waals surface area contributed by atoms with Gasteiger partial charge in [0.2, 0.25) is 0 Å². The molecule has 0 fully saturated rings. The molecule has 4 rings (SSSR count). The molecule has 186 valence electrons. The first-order chi connectivity index (χ1) is 17.3. The van der Waals surface area contributed by atoms with E-state index in [1.54, 1.807) is 62.9 Å². The SMILES string of the molecule is COc1cc2nccc(Oc3ccc(CC(=O)CCc4ccc(C(F)(F)F)nc4)cc3)c2cc1OC. The molecule has 0 bridgehead atoms. The minimum absolute atomic E-state index is 0.0234. The average molecular weight is 496 g/mol. The third-order valence-corrected chi connectivity index (χ3v) is 5.57. The van der Waals surface area contributed by atoms with Crippen molar-refractivity contribution >= 4 is 16.7 Å². The Morgan fingerprint density at radius 3 is 2.19 bits per heavy atom. The van der Waals surface area contributed by atoms with Crippen LogP contribution in [0, 0.1) is 0 Å². The summed E-state index contributed by atoms with van der Waals surface area (Å²) in [6.07, 6.45) is -0.924. The standard InChI is InChI=1S/C27H23F3N2O4/c1-34-24-14-21-22(15-25(24)35-2)31-12-11-23(21)36-20-8-4-17(5-9-20)13-19(33)7-3-18-6-10-26(32-16-18)27(28,29)30/h4-6,8-12,14-16H,3,7,13H2,1-2H3. The van der Waals surface area contributed by atoms with Crippen molar-refractivity contribution in [2.24, 2.45) is 0 Å². The van der Waals surface area contributed by atoms with Crippen molar-refractivity contribution in [2.75, 3.05) is 14.2 Å². The van der Waals surface area contributed by atoms with Crippen molar-refractivity contribution in [3.63, 3.8) is 0 Å². The van der Waals surface area contributed by atoms with E-state index in [-0.39, 0.29) is 18.6 Å². The fourth-order valence-corrected chi connectivity index (χ4v) is 3.68. The Kier molecular flexibility index (Phi) is 7.38. The van der Waals surface area contributed by atoms with Crippen molar-refractivity contribution in [3.8, 4) is 23.0 Å². The molecule has 0 spiro atoms. The van der Waals surface area contributed by atoms with Gasteiger partial charge in [0.05, 0.1) is 19.7 Å². The second-order valence-corrected chi connectivity index (χ2v) is 8.04. The lowest BCUT2D eigenvalue weighted by atomic mass is 10.0. The molecule has 0 unspecified atom stereocenters. The number of benzene rings is 2. The fourth-order valence-electron chi connectivity index (χ4n) is 3.68. The summed E-state index contributed by atoms with van der Waals surface area (Å²) in [5.74, 6) is 2.28. The zero-order valence-corrected chi connectivity index (χ0v) is 19.6. The molecule has 4 aromatic rings. The molecule has 2 aromatic carbocycles. The smallest absolute Gasteiger partial charge is 0.433 e. The highest BCUT2D eigenvalue weighted by molar-refractivity contribution is 5.88. The maximum absolute atomic E-state index is 12.6. The predicted octanol–water partition coefficient (Wildman–Crippen LogP) is 6.20. The van der Waals surface area contributed by atoms with Crippen LogP contribution in [0.1, 0.15) is 23.2 Å². The lowest BCUT2D eigenvalue weighted by Gasteiger charge is -2.12. The summed E-state index contributed by atoms with van der Waals surface area (Å²) in [4.78, 5) is 20.2. The summed E-state index contributed by atoms with van der Waals surface area (Å²) in [7, 11) is 3.11. The molecule has 0 atom stereocenters. The van der Waals surface area contributed by atoms with Crippen LogP contribution in [0.5, 0.6) is 23.0 Å². The Balaban J connectivity index is 1.37. The molecule has 9 heteroatoms. The Bertz CT molecular complexity index is 1350. The van der Waals surface area contributed by atoms with Gasteiger partial charge in [-0.1, -0.05) is 18.2 Å². The summed E-state index contributed by atoms with van der Waals surface area (Å²) < 4.78 is 54.6. The van der Waals surface area contributed by atoms with E-state index in [2.05, 4.69) is 9.97 Å². The Morgan fingerprint density at radius 2 is 1.56 bits per heavy atom. The highest BCUT2D eigenvalue weighted by atomic mass is 19.4. The van der Waals surface area contributed by atoms with Crippen molar-refractivity contribution < 1.29 is 32.2 Å². The number of carbonyl (C=O) groups is 1. The van der Waals surface area contributed by atoms with Gasteiger partial charge in [0, 0.05) is 36.7 Å². The van der Waals surface area contributed by atoms with Gasteiger partial charge >= 0.3 is 6.18 Å². The predicted molar refractivity (Wildman–Crippen MR) is 128 cm³/mol. The Labute approximate surface area is 205 Å². The molecule has 0 aliphatic carbocycles. The number of aryl methyl sites for hydroxylation is 1. The topological polar surface area (TPSA) is 70.5 Å². The molecule has 6 nitrogen and oxygen atoms in total. The molecule has 2 aromatic heterocycles. The van der Waals surface area contributed by atoms with Gasteiger partial charge in [-0.2, -0.15) is 13.2 Å². The van der Waals surface area contributed by atoms with Crippen molar-refractivity contribution in [2.45, 2.75) is 25.4 Å². The van der Waals surface area contributed by atoms with E-state index in [4.69, 9.17) is 14.2 Å². The minimum Gasteiger partial charge on any atom is -0.493 e. The normalized spacial score (nSPS) is 11.4. The number of pyridine rings is 2. The van der Waals surface area contributed by atoms with E-state index >= 15 is 0 Å². The van der Waals surface area contributed by atoms with Gasteiger partial charge in [-0.15, -0.1) is 0 Å². The van der Waals surface area contributed by atoms with Gasteiger partial charge in [-0.3, -0.25) is 14.8 Å². The lowest BCUT2D eigenvalue weighted by molar-refractivity contribution is -0.141. The number of ether oxygens (including phenoxy) is 3. The van der Waals surface area contributed by atoms with E-state index < -0.39 is 11.9 Å². The zero-order valence-electron chi connectivity index (χ0n) is 19.6. The second-order valence-electron chi connectivity index (χ2n) is 8.04. The second kappa shape index (κ2) is 10.6. The largest absolute Gasteiger partial charge is 0.493 e. The van der Waals surface area contributed by atoms with Crippen LogP contribution in [0.4, 0.5) is 13.2 Å².